The van der Waals surface area contributed by atoms with Gasteiger partial charge in [0.2, 0.25) is 0 Å². The highest BCUT2D eigenvalue weighted by Gasteiger charge is 2.17. The number of hydrogen-bond donors (Lipinski definition) is 3. The van der Waals surface area contributed by atoms with Crippen LogP contribution in [0.25, 0.3) is 11.1 Å². The standard InChI is InChI=1S/C20H25NO3/c1-3-15-4-6-16(7-5-15)17-8-10-18(11-9-17)20(24)21-19(12-13-22)14(2)23/h4-11,14,19,22-23H,3,12-13H2,1-2H3,(H,21,24)/t14-,19-/m1/s1. The zero-order valence-corrected chi connectivity index (χ0v) is 14.2. The Kier molecular flexibility index (Phi) is 6.53. The Hall–Kier alpha value is -2.17. The van der Waals surface area contributed by atoms with E-state index in [0.717, 1.165) is 17.5 Å². The smallest absolute Gasteiger partial charge is 0.251 e. The van der Waals surface area contributed by atoms with E-state index in [1.54, 1.807) is 19.1 Å². The van der Waals surface area contributed by atoms with Crippen LogP contribution in [0.1, 0.15) is 36.2 Å². The number of benzene rings is 2. The van der Waals surface area contributed by atoms with Crippen LogP contribution >= 0.6 is 0 Å². The molecule has 0 bridgehead atoms. The van der Waals surface area contributed by atoms with Crippen LogP contribution in [0.2, 0.25) is 0 Å². The second-order valence-corrected chi connectivity index (χ2v) is 5.96. The van der Waals surface area contributed by atoms with Crippen molar-refractivity contribution < 1.29 is 15.0 Å². The van der Waals surface area contributed by atoms with Gasteiger partial charge in [-0.2, -0.15) is 0 Å². The molecule has 2 atom stereocenters. The molecule has 3 N–H and O–H groups in total. The highest BCUT2D eigenvalue weighted by atomic mass is 16.3. The lowest BCUT2D eigenvalue weighted by molar-refractivity contribution is 0.0826. The van der Waals surface area contributed by atoms with Gasteiger partial charge in [-0.15, -0.1) is 0 Å². The Morgan fingerprint density at radius 3 is 2.04 bits per heavy atom. The SMILES string of the molecule is CCc1ccc(-c2ccc(C(=O)N[C@H](CCO)[C@@H](C)O)cc2)cc1. The Morgan fingerprint density at radius 1 is 1.04 bits per heavy atom. The first-order valence-corrected chi connectivity index (χ1v) is 8.34. The van der Waals surface area contributed by atoms with Gasteiger partial charge in [-0.3, -0.25) is 4.79 Å². The number of aliphatic hydroxyl groups is 2. The third kappa shape index (κ3) is 4.66. The van der Waals surface area contributed by atoms with Crippen molar-refractivity contribution in [2.45, 2.75) is 38.8 Å². The van der Waals surface area contributed by atoms with Crippen LogP contribution in [-0.2, 0) is 6.42 Å². The van der Waals surface area contributed by atoms with Crippen LogP contribution in [0, 0.1) is 0 Å². The molecule has 0 fully saturated rings. The third-order valence-electron chi connectivity index (χ3n) is 4.18. The van der Waals surface area contributed by atoms with E-state index in [1.807, 2.05) is 12.1 Å². The van der Waals surface area contributed by atoms with E-state index < -0.39 is 12.1 Å². The highest BCUT2D eigenvalue weighted by Crippen LogP contribution is 2.20. The molecule has 1 amide bonds. The molecule has 2 aromatic carbocycles. The molecule has 24 heavy (non-hydrogen) atoms. The molecule has 0 radical (unpaired) electrons. The van der Waals surface area contributed by atoms with Crippen LogP contribution in [0.5, 0.6) is 0 Å². The van der Waals surface area contributed by atoms with Crippen LogP contribution in [-0.4, -0.2) is 34.9 Å². The predicted octanol–water partition coefficient (Wildman–Crippen LogP) is 2.78. The molecule has 128 valence electrons. The maximum absolute atomic E-state index is 12.3. The Bertz CT molecular complexity index is 648. The van der Waals surface area contributed by atoms with Gasteiger partial charge in [0, 0.05) is 12.2 Å². The summed E-state index contributed by atoms with van der Waals surface area (Å²) in [7, 11) is 0. The molecule has 0 aliphatic carbocycles. The maximum atomic E-state index is 12.3. The zero-order chi connectivity index (χ0) is 17.5. The van der Waals surface area contributed by atoms with Crippen molar-refractivity contribution in [1.82, 2.24) is 5.32 Å². The first kappa shape index (κ1) is 18.2. The molecule has 0 spiro atoms. The minimum atomic E-state index is -0.711. The van der Waals surface area contributed by atoms with Gasteiger partial charge in [-0.05, 0) is 48.6 Å². The fraction of sp³-hybridized carbons (Fsp3) is 0.350. The normalized spacial score (nSPS) is 13.3. The van der Waals surface area contributed by atoms with Crippen LogP contribution in [0.3, 0.4) is 0 Å². The average molecular weight is 327 g/mol. The quantitative estimate of drug-likeness (QED) is 0.732. The van der Waals surface area contributed by atoms with E-state index in [4.69, 9.17) is 5.11 Å². The minimum absolute atomic E-state index is 0.0808. The number of carbonyl (C=O) groups excluding carboxylic acids is 1. The summed E-state index contributed by atoms with van der Waals surface area (Å²) < 4.78 is 0. The fourth-order valence-corrected chi connectivity index (χ4v) is 2.57. The molecule has 0 aliphatic rings. The Labute approximate surface area is 143 Å². The van der Waals surface area contributed by atoms with Crippen molar-refractivity contribution in [3.63, 3.8) is 0 Å². The molecule has 0 aliphatic heterocycles. The summed E-state index contributed by atoms with van der Waals surface area (Å²) in [6, 6.07) is 15.3. The van der Waals surface area contributed by atoms with E-state index in [0.29, 0.717) is 12.0 Å². The molecular formula is C20H25NO3. The molecule has 0 saturated carbocycles. The number of hydrogen-bond acceptors (Lipinski definition) is 3. The monoisotopic (exact) mass is 327 g/mol. The van der Waals surface area contributed by atoms with E-state index in [-0.39, 0.29) is 12.5 Å². The molecule has 4 nitrogen and oxygen atoms in total. The lowest BCUT2D eigenvalue weighted by atomic mass is 10.0. The van der Waals surface area contributed by atoms with Crippen molar-refractivity contribution in [2.75, 3.05) is 6.61 Å². The minimum Gasteiger partial charge on any atom is -0.396 e. The lowest BCUT2D eigenvalue weighted by Crippen LogP contribution is -2.42. The summed E-state index contributed by atoms with van der Waals surface area (Å²) in [5, 5.41) is 21.4. The summed E-state index contributed by atoms with van der Waals surface area (Å²) in [6.45, 7) is 3.64. The van der Waals surface area contributed by atoms with Gasteiger partial charge in [-0.1, -0.05) is 43.3 Å². The van der Waals surface area contributed by atoms with E-state index in [1.165, 1.54) is 5.56 Å². The summed E-state index contributed by atoms with van der Waals surface area (Å²) in [5.74, 6) is -0.248. The van der Waals surface area contributed by atoms with Gasteiger partial charge in [-0.25, -0.2) is 0 Å². The molecule has 0 saturated heterocycles. The number of nitrogens with one attached hydrogen (secondary N) is 1. The second-order valence-electron chi connectivity index (χ2n) is 5.96. The van der Waals surface area contributed by atoms with Crippen LogP contribution < -0.4 is 5.32 Å². The largest absolute Gasteiger partial charge is 0.396 e. The Balaban J connectivity index is 2.08. The molecule has 2 aromatic rings. The molecule has 2 rings (SSSR count). The van der Waals surface area contributed by atoms with E-state index in [2.05, 4.69) is 36.5 Å². The Morgan fingerprint density at radius 2 is 1.58 bits per heavy atom. The van der Waals surface area contributed by atoms with Crippen molar-refractivity contribution in [3.8, 4) is 11.1 Å². The third-order valence-corrected chi connectivity index (χ3v) is 4.18. The van der Waals surface area contributed by atoms with Gasteiger partial charge in [0.1, 0.15) is 0 Å². The number of rotatable bonds is 7. The average Bonchev–Trinajstić information content (AvgIpc) is 2.61. The highest BCUT2D eigenvalue weighted by molar-refractivity contribution is 5.94. The van der Waals surface area contributed by atoms with Crippen molar-refractivity contribution in [3.05, 3.63) is 59.7 Å². The molecule has 0 unspecified atom stereocenters. The molecule has 0 heterocycles. The topological polar surface area (TPSA) is 69.6 Å². The van der Waals surface area contributed by atoms with Crippen LogP contribution in [0.15, 0.2) is 48.5 Å². The number of aryl methyl sites for hydroxylation is 1. The molecule has 0 aromatic heterocycles. The van der Waals surface area contributed by atoms with Crippen molar-refractivity contribution in [2.24, 2.45) is 0 Å². The number of aliphatic hydroxyl groups excluding tert-OH is 2. The first-order chi connectivity index (χ1) is 11.5. The van der Waals surface area contributed by atoms with Gasteiger partial charge in [0.15, 0.2) is 0 Å². The summed E-state index contributed by atoms with van der Waals surface area (Å²) in [6.07, 6.45) is 0.626. The van der Waals surface area contributed by atoms with Crippen molar-refractivity contribution >= 4 is 5.91 Å². The second kappa shape index (κ2) is 8.62. The van der Waals surface area contributed by atoms with Gasteiger partial charge in [0.25, 0.3) is 5.91 Å². The molecule has 4 heteroatoms. The van der Waals surface area contributed by atoms with E-state index >= 15 is 0 Å². The summed E-state index contributed by atoms with van der Waals surface area (Å²) in [4.78, 5) is 12.3. The van der Waals surface area contributed by atoms with Crippen molar-refractivity contribution in [1.29, 1.82) is 0 Å². The summed E-state index contributed by atoms with van der Waals surface area (Å²) in [5.41, 5.74) is 3.99. The predicted molar refractivity (Wildman–Crippen MR) is 95.9 cm³/mol. The lowest BCUT2D eigenvalue weighted by Gasteiger charge is -2.20. The zero-order valence-electron chi connectivity index (χ0n) is 14.2. The maximum Gasteiger partial charge on any atom is 0.251 e. The number of carbonyl (C=O) groups is 1. The van der Waals surface area contributed by atoms with Gasteiger partial charge < -0.3 is 15.5 Å². The summed E-state index contributed by atoms with van der Waals surface area (Å²) >= 11 is 0. The first-order valence-electron chi connectivity index (χ1n) is 8.34. The molecular weight excluding hydrogens is 302 g/mol. The van der Waals surface area contributed by atoms with Crippen LogP contribution in [0.4, 0.5) is 0 Å². The van der Waals surface area contributed by atoms with Gasteiger partial charge in [0.05, 0.1) is 12.1 Å². The van der Waals surface area contributed by atoms with E-state index in [9.17, 15) is 9.90 Å². The fourth-order valence-electron chi connectivity index (χ4n) is 2.57. The number of amides is 1. The van der Waals surface area contributed by atoms with Gasteiger partial charge >= 0.3 is 0 Å².